The summed E-state index contributed by atoms with van der Waals surface area (Å²) in [7, 11) is 0. The van der Waals surface area contributed by atoms with E-state index in [-0.39, 0.29) is 5.88 Å². The second kappa shape index (κ2) is 7.50. The molecular weight excluding hydrogens is 426 g/mol. The van der Waals surface area contributed by atoms with E-state index in [1.807, 2.05) is 86.6 Å². The van der Waals surface area contributed by atoms with Gasteiger partial charge in [0.15, 0.2) is 5.88 Å². The first kappa shape index (κ1) is 19.4. The number of nitrogens with one attached hydrogen (secondary N) is 1. The first-order valence-corrected chi connectivity index (χ1v) is 10.2. The number of nitrogens with zero attached hydrogens (tertiary/aromatic N) is 1. The summed E-state index contributed by atoms with van der Waals surface area (Å²) in [4.78, 5) is 7.97. The van der Waals surface area contributed by atoms with Gasteiger partial charge in [-0.3, -0.25) is 0 Å². The quantitative estimate of drug-likeness (QED) is 0.335. The molecule has 29 heavy (non-hydrogen) atoms. The zero-order valence-corrected chi connectivity index (χ0v) is 17.9. The lowest BCUT2D eigenvalue weighted by molar-refractivity contribution is 0.457. The Morgan fingerprint density at radius 2 is 1.69 bits per heavy atom. The molecule has 0 radical (unpaired) electrons. The summed E-state index contributed by atoms with van der Waals surface area (Å²) in [6.07, 6.45) is 0. The molecule has 0 fully saturated rings. The maximum Gasteiger partial charge on any atom is 0.199 e. The van der Waals surface area contributed by atoms with E-state index in [0.29, 0.717) is 11.3 Å². The maximum absolute atomic E-state index is 10.7. The molecule has 4 nitrogen and oxygen atoms in total. The molecule has 0 aliphatic carbocycles. The molecule has 4 aromatic rings. The molecule has 146 valence electrons. The van der Waals surface area contributed by atoms with Crippen LogP contribution in [0.4, 0.5) is 5.69 Å². The van der Waals surface area contributed by atoms with Crippen molar-refractivity contribution in [2.45, 2.75) is 19.4 Å². The summed E-state index contributed by atoms with van der Waals surface area (Å²) in [6.45, 7) is 3.95. The molecule has 5 heteroatoms. The largest absolute Gasteiger partial charge is 0.494 e. The van der Waals surface area contributed by atoms with Crippen LogP contribution in [-0.2, 0) is 5.54 Å². The molecule has 0 bridgehead atoms. The number of nitrogens with two attached hydrogens (primary N) is 1. The van der Waals surface area contributed by atoms with Gasteiger partial charge in [0.05, 0.1) is 22.5 Å². The minimum atomic E-state index is -0.410. The van der Waals surface area contributed by atoms with Gasteiger partial charge < -0.3 is 15.8 Å². The van der Waals surface area contributed by atoms with Gasteiger partial charge in [0.25, 0.3) is 0 Å². The molecule has 1 aromatic heterocycles. The van der Waals surface area contributed by atoms with Crippen molar-refractivity contribution in [3.05, 3.63) is 94.0 Å². The number of hydrogen-bond donors (Lipinski definition) is 3. The molecule has 4 rings (SSSR count). The molecule has 3 aromatic carbocycles. The van der Waals surface area contributed by atoms with Gasteiger partial charge in [0.2, 0.25) is 0 Å². The third-order valence-electron chi connectivity index (χ3n) is 4.88. The van der Waals surface area contributed by atoms with Crippen LogP contribution in [-0.4, -0.2) is 15.8 Å². The molecule has 0 amide bonds. The number of aliphatic imine (C=N–C) groups is 1. The van der Waals surface area contributed by atoms with Crippen molar-refractivity contribution in [1.29, 1.82) is 0 Å². The van der Waals surface area contributed by atoms with Gasteiger partial charge in [-0.05, 0) is 43.7 Å². The number of H-pyrrole nitrogens is 1. The van der Waals surface area contributed by atoms with E-state index in [4.69, 9.17) is 10.7 Å². The van der Waals surface area contributed by atoms with Gasteiger partial charge in [-0.1, -0.05) is 64.5 Å². The van der Waals surface area contributed by atoms with Crippen LogP contribution in [0.2, 0.25) is 0 Å². The Balaban J connectivity index is 1.90. The van der Waals surface area contributed by atoms with Gasteiger partial charge in [0, 0.05) is 21.0 Å². The summed E-state index contributed by atoms with van der Waals surface area (Å²) in [6, 6.07) is 23.7. The molecule has 0 unspecified atom stereocenters. The van der Waals surface area contributed by atoms with E-state index in [1.165, 1.54) is 0 Å². The molecular formula is C24H22BrN3O. The predicted molar refractivity (Wildman–Crippen MR) is 123 cm³/mol. The van der Waals surface area contributed by atoms with Crippen molar-refractivity contribution in [1.82, 2.24) is 4.98 Å². The molecule has 0 aliphatic rings. The third-order valence-corrected chi connectivity index (χ3v) is 5.37. The van der Waals surface area contributed by atoms with Crippen molar-refractivity contribution in [3.8, 4) is 5.88 Å². The number of benzene rings is 3. The highest BCUT2D eigenvalue weighted by atomic mass is 79.9. The Morgan fingerprint density at radius 3 is 2.34 bits per heavy atom. The zero-order valence-electron chi connectivity index (χ0n) is 16.3. The van der Waals surface area contributed by atoms with Crippen molar-refractivity contribution < 1.29 is 5.11 Å². The van der Waals surface area contributed by atoms with Crippen LogP contribution in [0.5, 0.6) is 5.88 Å². The lowest BCUT2D eigenvalue weighted by Crippen LogP contribution is -2.28. The number of hydrogen-bond acceptors (Lipinski definition) is 3. The van der Waals surface area contributed by atoms with Crippen molar-refractivity contribution in [2.24, 2.45) is 10.7 Å². The first-order valence-electron chi connectivity index (χ1n) is 9.37. The third kappa shape index (κ3) is 3.97. The molecule has 0 spiro atoms. The Hall–Kier alpha value is -2.89. The smallest absolute Gasteiger partial charge is 0.199 e. The van der Waals surface area contributed by atoms with Gasteiger partial charge in [0.1, 0.15) is 0 Å². The number of halogens is 1. The Morgan fingerprint density at radius 1 is 1.00 bits per heavy atom. The highest BCUT2D eigenvalue weighted by Crippen LogP contribution is 2.33. The van der Waals surface area contributed by atoms with E-state index in [9.17, 15) is 5.11 Å². The van der Waals surface area contributed by atoms with E-state index < -0.39 is 5.54 Å². The van der Waals surface area contributed by atoms with Gasteiger partial charge in [-0.2, -0.15) is 0 Å². The van der Waals surface area contributed by atoms with Gasteiger partial charge in [-0.15, -0.1) is 0 Å². The second-order valence-corrected chi connectivity index (χ2v) is 8.55. The maximum atomic E-state index is 10.7. The Kier molecular flexibility index (Phi) is 5.03. The van der Waals surface area contributed by atoms with Crippen molar-refractivity contribution in [2.75, 3.05) is 0 Å². The standard InChI is InChI=1S/C24H22BrN3O/c1-24(2,26)16-8-11-18(12-9-16)27-22(15-6-4-3-5-7-15)21-19-13-10-17(25)14-20(19)28-23(21)29/h3-14,28-29H,26H2,1-2H3. The Labute approximate surface area is 178 Å². The van der Waals surface area contributed by atoms with Crippen LogP contribution in [0.15, 0.2) is 82.3 Å². The minimum Gasteiger partial charge on any atom is -0.494 e. The van der Waals surface area contributed by atoms with E-state index >= 15 is 0 Å². The van der Waals surface area contributed by atoms with Crippen LogP contribution in [0.3, 0.4) is 0 Å². The van der Waals surface area contributed by atoms with Crippen LogP contribution >= 0.6 is 15.9 Å². The summed E-state index contributed by atoms with van der Waals surface area (Å²) in [5.74, 6) is 0.0976. The van der Waals surface area contributed by atoms with Gasteiger partial charge in [-0.25, -0.2) is 4.99 Å². The van der Waals surface area contributed by atoms with Crippen molar-refractivity contribution >= 4 is 38.2 Å². The number of aromatic nitrogens is 1. The topological polar surface area (TPSA) is 74.4 Å². The SMILES string of the molecule is CC(C)(N)c1ccc(N=C(c2ccccc2)c2c(O)[nH]c3cc(Br)ccc23)cc1. The van der Waals surface area contributed by atoms with Crippen LogP contribution in [0.25, 0.3) is 10.9 Å². The average molecular weight is 448 g/mol. The first-order chi connectivity index (χ1) is 13.8. The number of aromatic hydroxyl groups is 1. The fourth-order valence-corrected chi connectivity index (χ4v) is 3.71. The monoisotopic (exact) mass is 447 g/mol. The van der Waals surface area contributed by atoms with E-state index in [2.05, 4.69) is 20.9 Å². The van der Waals surface area contributed by atoms with Crippen molar-refractivity contribution in [3.63, 3.8) is 0 Å². The summed E-state index contributed by atoms with van der Waals surface area (Å²) < 4.78 is 0.941. The highest BCUT2D eigenvalue weighted by Gasteiger charge is 2.19. The zero-order chi connectivity index (χ0) is 20.6. The molecule has 1 heterocycles. The summed E-state index contributed by atoms with van der Waals surface area (Å²) in [5, 5.41) is 11.6. The van der Waals surface area contributed by atoms with Crippen LogP contribution in [0, 0.1) is 0 Å². The summed E-state index contributed by atoms with van der Waals surface area (Å²) in [5.41, 5.74) is 10.8. The lowest BCUT2D eigenvalue weighted by atomic mass is 9.95. The molecule has 4 N–H and O–H groups in total. The van der Waals surface area contributed by atoms with Crippen LogP contribution < -0.4 is 5.73 Å². The minimum absolute atomic E-state index is 0.0976. The van der Waals surface area contributed by atoms with E-state index in [1.54, 1.807) is 0 Å². The number of aromatic amines is 1. The van der Waals surface area contributed by atoms with Crippen LogP contribution in [0.1, 0.15) is 30.5 Å². The fourth-order valence-electron chi connectivity index (χ4n) is 3.35. The number of rotatable bonds is 4. The molecule has 0 atom stereocenters. The summed E-state index contributed by atoms with van der Waals surface area (Å²) >= 11 is 3.48. The fraction of sp³-hybridized carbons (Fsp3) is 0.125. The Bertz CT molecular complexity index is 1190. The molecule has 0 aliphatic heterocycles. The van der Waals surface area contributed by atoms with E-state index in [0.717, 1.165) is 32.2 Å². The lowest BCUT2D eigenvalue weighted by Gasteiger charge is -2.19. The normalized spacial score (nSPS) is 12.5. The molecule has 0 saturated carbocycles. The second-order valence-electron chi connectivity index (χ2n) is 7.63. The predicted octanol–water partition coefficient (Wildman–Crippen LogP) is 6.00. The average Bonchev–Trinajstić information content (AvgIpc) is 3.01. The molecule has 0 saturated heterocycles. The number of fused-ring (bicyclic) bond motifs is 1. The highest BCUT2D eigenvalue weighted by molar-refractivity contribution is 9.10. The van der Waals surface area contributed by atoms with Gasteiger partial charge >= 0.3 is 0 Å².